The van der Waals surface area contributed by atoms with Crippen molar-refractivity contribution >= 4 is 17.2 Å². The predicted octanol–water partition coefficient (Wildman–Crippen LogP) is 3.09. The van der Waals surface area contributed by atoms with Gasteiger partial charge < -0.3 is 14.2 Å². The lowest BCUT2D eigenvalue weighted by molar-refractivity contribution is 0.0672. The number of likely N-dealkylation sites (tertiary alicyclic amines) is 1. The summed E-state index contributed by atoms with van der Waals surface area (Å²) in [6, 6.07) is 0.291. The second-order valence-corrected chi connectivity index (χ2v) is 7.40. The van der Waals surface area contributed by atoms with Crippen molar-refractivity contribution in [3.8, 4) is 0 Å². The summed E-state index contributed by atoms with van der Waals surface area (Å²) in [6.45, 7) is 6.26. The van der Waals surface area contributed by atoms with Crippen LogP contribution >= 0.6 is 11.3 Å². The van der Waals surface area contributed by atoms with Crippen molar-refractivity contribution in [2.45, 2.75) is 45.3 Å². The van der Waals surface area contributed by atoms with Crippen LogP contribution in [0.4, 0.5) is 0 Å². The van der Waals surface area contributed by atoms with Gasteiger partial charge >= 0.3 is 0 Å². The molecule has 1 aliphatic rings. The fourth-order valence-electron chi connectivity index (χ4n) is 3.21. The Hall–Kier alpha value is -1.73. The Balaban J connectivity index is 1.72. The normalized spacial score (nSPS) is 18.3. The van der Waals surface area contributed by atoms with E-state index in [1.54, 1.807) is 7.11 Å². The summed E-state index contributed by atoms with van der Waals surface area (Å²) < 4.78 is 7.32. The van der Waals surface area contributed by atoms with Gasteiger partial charge in [0.1, 0.15) is 16.5 Å². The number of nitrogens with zero attached hydrogens (tertiary/aromatic N) is 4. The smallest absolute Gasteiger partial charge is 0.273 e. The summed E-state index contributed by atoms with van der Waals surface area (Å²) >= 11 is 1.47. The number of hydrogen-bond donors (Lipinski definition) is 0. The van der Waals surface area contributed by atoms with Crippen LogP contribution in [0.3, 0.4) is 0 Å². The number of amides is 1. The molecule has 1 fully saturated rings. The molecule has 1 aliphatic heterocycles. The zero-order chi connectivity index (χ0) is 17.1. The lowest BCUT2D eigenvalue weighted by Crippen LogP contribution is -2.41. The Kier molecular flexibility index (Phi) is 5.30. The molecule has 24 heavy (non-hydrogen) atoms. The number of carbonyl (C=O) groups is 1. The van der Waals surface area contributed by atoms with E-state index >= 15 is 0 Å². The fraction of sp³-hybridized carbons (Fsp3) is 0.588. The summed E-state index contributed by atoms with van der Waals surface area (Å²) in [6.07, 6.45) is 5.97. The third kappa shape index (κ3) is 3.52. The van der Waals surface area contributed by atoms with Crippen LogP contribution in [-0.4, -0.2) is 45.5 Å². The highest BCUT2D eigenvalue weighted by atomic mass is 32.1. The van der Waals surface area contributed by atoms with Crippen LogP contribution in [0, 0.1) is 0 Å². The number of carbonyl (C=O) groups excluding carboxylic acids is 1. The van der Waals surface area contributed by atoms with Crippen LogP contribution < -0.4 is 0 Å². The van der Waals surface area contributed by atoms with E-state index in [-0.39, 0.29) is 5.91 Å². The standard InChI is InChI=1S/C17H24N4O2S/c1-12(2)16-18-6-8-21(16)13-5-4-7-20(9-13)17(22)14-11-24-15(19-14)10-23-3/h6,8,11-13H,4-5,7,9-10H2,1-3H3/t13-/m0/s1. The summed E-state index contributed by atoms with van der Waals surface area (Å²) in [5.74, 6) is 1.48. The Labute approximate surface area is 146 Å². The van der Waals surface area contributed by atoms with Gasteiger partial charge in [0.05, 0.1) is 12.6 Å². The second-order valence-electron chi connectivity index (χ2n) is 6.45. The summed E-state index contributed by atoms with van der Waals surface area (Å²) in [7, 11) is 1.63. The van der Waals surface area contributed by atoms with Crippen LogP contribution in [-0.2, 0) is 11.3 Å². The third-order valence-electron chi connectivity index (χ3n) is 4.33. The molecular formula is C17H24N4O2S. The molecule has 2 aromatic rings. The molecule has 1 amide bonds. The predicted molar refractivity (Wildman–Crippen MR) is 93.3 cm³/mol. The maximum absolute atomic E-state index is 12.8. The number of aromatic nitrogens is 3. The number of ether oxygens (including phenoxy) is 1. The van der Waals surface area contributed by atoms with Crippen molar-refractivity contribution in [3.05, 3.63) is 34.3 Å². The number of imidazole rings is 1. The number of piperidine rings is 1. The fourth-order valence-corrected chi connectivity index (χ4v) is 3.95. The van der Waals surface area contributed by atoms with E-state index in [4.69, 9.17) is 4.74 Å². The van der Waals surface area contributed by atoms with Crippen LogP contribution in [0.1, 0.15) is 60.0 Å². The molecule has 0 aromatic carbocycles. The van der Waals surface area contributed by atoms with Crippen molar-refractivity contribution < 1.29 is 9.53 Å². The molecule has 3 heterocycles. The molecule has 0 aliphatic carbocycles. The molecule has 0 unspecified atom stereocenters. The minimum Gasteiger partial charge on any atom is -0.378 e. The number of hydrogen-bond acceptors (Lipinski definition) is 5. The van der Waals surface area contributed by atoms with Crippen molar-refractivity contribution in [2.24, 2.45) is 0 Å². The highest BCUT2D eigenvalue weighted by molar-refractivity contribution is 7.09. The van der Waals surface area contributed by atoms with Crippen molar-refractivity contribution in [3.63, 3.8) is 0 Å². The number of thiazole rings is 1. The van der Waals surface area contributed by atoms with Crippen molar-refractivity contribution in [1.82, 2.24) is 19.4 Å². The lowest BCUT2D eigenvalue weighted by atomic mass is 10.0. The van der Waals surface area contributed by atoms with Gasteiger partial charge in [0.15, 0.2) is 0 Å². The highest BCUT2D eigenvalue weighted by Gasteiger charge is 2.28. The van der Waals surface area contributed by atoms with Gasteiger partial charge in [0.25, 0.3) is 5.91 Å². The zero-order valence-corrected chi connectivity index (χ0v) is 15.3. The third-order valence-corrected chi connectivity index (χ3v) is 5.15. The van der Waals surface area contributed by atoms with E-state index in [0.29, 0.717) is 30.8 Å². The maximum Gasteiger partial charge on any atom is 0.273 e. The largest absolute Gasteiger partial charge is 0.378 e. The molecule has 7 heteroatoms. The highest BCUT2D eigenvalue weighted by Crippen LogP contribution is 2.26. The quantitative estimate of drug-likeness (QED) is 0.833. The van der Waals surface area contributed by atoms with E-state index in [2.05, 4.69) is 28.4 Å². The van der Waals surface area contributed by atoms with Crippen molar-refractivity contribution in [2.75, 3.05) is 20.2 Å². The molecule has 0 N–H and O–H groups in total. The summed E-state index contributed by atoms with van der Waals surface area (Å²) in [5, 5.41) is 2.67. The Bertz CT molecular complexity index is 694. The Morgan fingerprint density at radius 2 is 2.33 bits per heavy atom. The molecule has 0 saturated carbocycles. The molecular weight excluding hydrogens is 324 g/mol. The first-order valence-electron chi connectivity index (χ1n) is 8.35. The molecule has 2 aromatic heterocycles. The molecule has 0 radical (unpaired) electrons. The maximum atomic E-state index is 12.8. The molecule has 6 nitrogen and oxygen atoms in total. The van der Waals surface area contributed by atoms with Gasteiger partial charge in [-0.25, -0.2) is 9.97 Å². The van der Waals surface area contributed by atoms with Gasteiger partial charge in [-0.05, 0) is 12.8 Å². The van der Waals surface area contributed by atoms with Crippen molar-refractivity contribution in [1.29, 1.82) is 0 Å². The Morgan fingerprint density at radius 1 is 1.50 bits per heavy atom. The molecule has 0 bridgehead atoms. The minimum absolute atomic E-state index is 0.0181. The molecule has 0 spiro atoms. The number of methoxy groups -OCH3 is 1. The second kappa shape index (κ2) is 7.44. The first kappa shape index (κ1) is 17.1. The SMILES string of the molecule is COCc1nc(C(=O)N2CCC[C@H](n3ccnc3C(C)C)C2)cs1. The number of rotatable bonds is 5. The zero-order valence-electron chi connectivity index (χ0n) is 14.4. The van der Waals surface area contributed by atoms with Gasteiger partial charge in [0, 0.05) is 43.9 Å². The average molecular weight is 348 g/mol. The molecule has 1 saturated heterocycles. The van der Waals surface area contributed by atoms with Crippen LogP contribution in [0.2, 0.25) is 0 Å². The lowest BCUT2D eigenvalue weighted by Gasteiger charge is -2.34. The topological polar surface area (TPSA) is 60.2 Å². The molecule has 1 atom stereocenters. The van der Waals surface area contributed by atoms with E-state index in [1.807, 2.05) is 22.7 Å². The minimum atomic E-state index is 0.0181. The van der Waals surface area contributed by atoms with Crippen LogP contribution in [0.5, 0.6) is 0 Å². The van der Waals surface area contributed by atoms with Gasteiger partial charge in [-0.15, -0.1) is 11.3 Å². The van der Waals surface area contributed by atoms with Crippen LogP contribution in [0.15, 0.2) is 17.8 Å². The Morgan fingerprint density at radius 3 is 3.08 bits per heavy atom. The first-order valence-corrected chi connectivity index (χ1v) is 9.23. The van der Waals surface area contributed by atoms with E-state index in [9.17, 15) is 4.79 Å². The van der Waals surface area contributed by atoms with Gasteiger partial charge in [-0.1, -0.05) is 13.8 Å². The van der Waals surface area contributed by atoms with E-state index in [1.165, 1.54) is 11.3 Å². The van der Waals surface area contributed by atoms with Gasteiger partial charge in [0.2, 0.25) is 0 Å². The summed E-state index contributed by atoms with van der Waals surface area (Å²) in [4.78, 5) is 23.5. The first-order chi connectivity index (χ1) is 11.6. The summed E-state index contributed by atoms with van der Waals surface area (Å²) in [5.41, 5.74) is 0.530. The van der Waals surface area contributed by atoms with Gasteiger partial charge in [-0.3, -0.25) is 4.79 Å². The monoisotopic (exact) mass is 348 g/mol. The van der Waals surface area contributed by atoms with E-state index < -0.39 is 0 Å². The average Bonchev–Trinajstić information content (AvgIpc) is 3.24. The van der Waals surface area contributed by atoms with Gasteiger partial charge in [-0.2, -0.15) is 0 Å². The molecule has 130 valence electrons. The van der Waals surface area contributed by atoms with E-state index in [0.717, 1.165) is 30.2 Å². The van der Waals surface area contributed by atoms with Crippen LogP contribution in [0.25, 0.3) is 0 Å². The molecule has 3 rings (SSSR count).